The normalized spacial score (nSPS) is 11.0. The topological polar surface area (TPSA) is 101 Å². The van der Waals surface area contributed by atoms with E-state index in [4.69, 9.17) is 4.74 Å². The van der Waals surface area contributed by atoms with Gasteiger partial charge in [-0.2, -0.15) is 0 Å². The molecule has 8 heteroatoms. The van der Waals surface area contributed by atoms with Crippen molar-refractivity contribution in [1.29, 1.82) is 0 Å². The summed E-state index contributed by atoms with van der Waals surface area (Å²) < 4.78 is 5.35. The Morgan fingerprint density at radius 3 is 2.44 bits per heavy atom. The van der Waals surface area contributed by atoms with Crippen molar-refractivity contribution in [3.63, 3.8) is 0 Å². The Bertz CT molecular complexity index is 762. The molecule has 0 aliphatic carbocycles. The fraction of sp³-hybridized carbons (Fsp3) is 0.316. The number of hydrogen-bond donors (Lipinski definition) is 3. The maximum atomic E-state index is 10.6. The summed E-state index contributed by atoms with van der Waals surface area (Å²) >= 11 is 0. The molecular weight excluding hydrogens is 346 g/mol. The number of para-hydroxylation sites is 1. The van der Waals surface area contributed by atoms with Crippen LogP contribution in [-0.4, -0.2) is 44.7 Å². The standard InChI is InChI=1S/C19H25N5O3/c1-20-19(22-12-11-15-5-3-4-6-18(15)27-2)23-14-13-21-16-7-9-17(10-8-16)24(25)26/h3-10,21H,11-14H2,1-2H3,(H2,20,22,23). The molecule has 2 aromatic carbocycles. The molecule has 0 fully saturated rings. The Kier molecular flexibility index (Phi) is 7.90. The van der Waals surface area contributed by atoms with Crippen LogP contribution in [0.25, 0.3) is 0 Å². The van der Waals surface area contributed by atoms with Gasteiger partial charge in [-0.05, 0) is 30.2 Å². The SMILES string of the molecule is CN=C(NCCNc1ccc([N+](=O)[O-])cc1)NCCc1ccccc1OC. The number of non-ortho nitro benzene ring substituents is 1. The van der Waals surface area contributed by atoms with E-state index in [1.165, 1.54) is 12.1 Å². The quantitative estimate of drug-likeness (QED) is 0.206. The molecule has 0 aliphatic rings. The van der Waals surface area contributed by atoms with Crippen LogP contribution in [0.4, 0.5) is 11.4 Å². The molecule has 0 heterocycles. The van der Waals surface area contributed by atoms with Crippen molar-refractivity contribution in [2.45, 2.75) is 6.42 Å². The van der Waals surface area contributed by atoms with Gasteiger partial charge >= 0.3 is 0 Å². The molecule has 0 unspecified atom stereocenters. The molecule has 0 aromatic heterocycles. The predicted octanol–water partition coefficient (Wildman–Crippen LogP) is 2.42. The highest BCUT2D eigenvalue weighted by molar-refractivity contribution is 5.79. The van der Waals surface area contributed by atoms with E-state index in [9.17, 15) is 10.1 Å². The molecule has 0 saturated heterocycles. The number of rotatable bonds is 9. The van der Waals surface area contributed by atoms with Gasteiger partial charge < -0.3 is 20.7 Å². The minimum absolute atomic E-state index is 0.0818. The number of nitro benzene ring substituents is 1. The van der Waals surface area contributed by atoms with Gasteiger partial charge in [-0.15, -0.1) is 0 Å². The predicted molar refractivity (Wildman–Crippen MR) is 108 cm³/mol. The summed E-state index contributed by atoms with van der Waals surface area (Å²) in [6.45, 7) is 2.05. The van der Waals surface area contributed by atoms with E-state index in [2.05, 4.69) is 20.9 Å². The minimum atomic E-state index is -0.411. The third-order valence-electron chi connectivity index (χ3n) is 3.93. The van der Waals surface area contributed by atoms with Crippen molar-refractivity contribution in [1.82, 2.24) is 10.6 Å². The molecule has 0 atom stereocenters. The lowest BCUT2D eigenvalue weighted by Crippen LogP contribution is -2.40. The molecule has 2 aromatic rings. The van der Waals surface area contributed by atoms with Gasteiger partial charge in [0.25, 0.3) is 5.69 Å². The van der Waals surface area contributed by atoms with Gasteiger partial charge in [0.2, 0.25) is 0 Å². The van der Waals surface area contributed by atoms with Crippen molar-refractivity contribution in [3.8, 4) is 5.75 Å². The van der Waals surface area contributed by atoms with E-state index in [1.807, 2.05) is 24.3 Å². The molecule has 0 radical (unpaired) electrons. The molecule has 3 N–H and O–H groups in total. The summed E-state index contributed by atoms with van der Waals surface area (Å²) in [4.78, 5) is 14.4. The molecule has 0 aliphatic heterocycles. The third-order valence-corrected chi connectivity index (χ3v) is 3.93. The zero-order valence-electron chi connectivity index (χ0n) is 15.6. The summed E-state index contributed by atoms with van der Waals surface area (Å²) in [7, 11) is 3.40. The average molecular weight is 371 g/mol. The molecule has 2 rings (SSSR count). The van der Waals surface area contributed by atoms with E-state index in [1.54, 1.807) is 26.3 Å². The fourth-order valence-electron chi connectivity index (χ4n) is 2.53. The van der Waals surface area contributed by atoms with Gasteiger partial charge in [-0.1, -0.05) is 18.2 Å². The second-order valence-electron chi connectivity index (χ2n) is 5.72. The molecular formula is C19H25N5O3. The van der Waals surface area contributed by atoms with Gasteiger partial charge in [0, 0.05) is 44.5 Å². The van der Waals surface area contributed by atoms with Crippen LogP contribution in [0, 0.1) is 10.1 Å². The lowest BCUT2D eigenvalue weighted by molar-refractivity contribution is -0.384. The lowest BCUT2D eigenvalue weighted by Gasteiger charge is -2.13. The van der Waals surface area contributed by atoms with Crippen LogP contribution in [0.5, 0.6) is 5.75 Å². The van der Waals surface area contributed by atoms with Crippen LogP contribution >= 0.6 is 0 Å². The maximum absolute atomic E-state index is 10.6. The molecule has 0 spiro atoms. The number of aliphatic imine (C=N–C) groups is 1. The van der Waals surface area contributed by atoms with Crippen molar-refractivity contribution in [2.75, 3.05) is 39.1 Å². The van der Waals surface area contributed by atoms with Crippen LogP contribution in [0.3, 0.4) is 0 Å². The molecule has 144 valence electrons. The Balaban J connectivity index is 1.68. The highest BCUT2D eigenvalue weighted by atomic mass is 16.6. The lowest BCUT2D eigenvalue weighted by atomic mass is 10.1. The highest BCUT2D eigenvalue weighted by Gasteiger charge is 2.04. The number of nitrogens with one attached hydrogen (secondary N) is 3. The molecule has 8 nitrogen and oxygen atoms in total. The zero-order chi connectivity index (χ0) is 19.5. The number of ether oxygens (including phenoxy) is 1. The maximum Gasteiger partial charge on any atom is 0.269 e. The summed E-state index contributed by atoms with van der Waals surface area (Å²) in [6.07, 6.45) is 0.825. The first-order valence-electron chi connectivity index (χ1n) is 8.68. The third kappa shape index (κ3) is 6.50. The second kappa shape index (κ2) is 10.6. The van der Waals surface area contributed by atoms with Gasteiger partial charge in [0.15, 0.2) is 5.96 Å². The number of hydrogen-bond acceptors (Lipinski definition) is 5. The van der Waals surface area contributed by atoms with Crippen LogP contribution in [0.2, 0.25) is 0 Å². The Morgan fingerprint density at radius 2 is 1.78 bits per heavy atom. The van der Waals surface area contributed by atoms with Crippen molar-refractivity contribution in [2.24, 2.45) is 4.99 Å². The number of benzene rings is 2. The molecule has 0 bridgehead atoms. The van der Waals surface area contributed by atoms with E-state index < -0.39 is 4.92 Å². The van der Waals surface area contributed by atoms with Gasteiger partial charge in [-0.25, -0.2) is 0 Å². The summed E-state index contributed by atoms with van der Waals surface area (Å²) in [6, 6.07) is 14.3. The molecule has 0 saturated carbocycles. The van der Waals surface area contributed by atoms with Crippen molar-refractivity contribution in [3.05, 3.63) is 64.2 Å². The first-order valence-corrected chi connectivity index (χ1v) is 8.68. The van der Waals surface area contributed by atoms with Crippen LogP contribution in [-0.2, 0) is 6.42 Å². The first kappa shape index (κ1) is 20.0. The fourth-order valence-corrected chi connectivity index (χ4v) is 2.53. The van der Waals surface area contributed by atoms with E-state index >= 15 is 0 Å². The number of methoxy groups -OCH3 is 1. The zero-order valence-corrected chi connectivity index (χ0v) is 15.6. The summed E-state index contributed by atoms with van der Waals surface area (Å²) in [5.74, 6) is 1.60. The van der Waals surface area contributed by atoms with Crippen LogP contribution in [0.1, 0.15) is 5.56 Å². The largest absolute Gasteiger partial charge is 0.496 e. The number of nitrogens with zero attached hydrogens (tertiary/aromatic N) is 2. The second-order valence-corrected chi connectivity index (χ2v) is 5.72. The van der Waals surface area contributed by atoms with Crippen molar-refractivity contribution >= 4 is 17.3 Å². The average Bonchev–Trinajstić information content (AvgIpc) is 2.70. The van der Waals surface area contributed by atoms with Crippen molar-refractivity contribution < 1.29 is 9.66 Å². The number of anilines is 1. The van der Waals surface area contributed by atoms with E-state index in [0.29, 0.717) is 13.1 Å². The Labute approximate surface area is 158 Å². The summed E-state index contributed by atoms with van der Waals surface area (Å²) in [5.41, 5.74) is 2.06. The van der Waals surface area contributed by atoms with E-state index in [0.717, 1.165) is 35.9 Å². The Morgan fingerprint density at radius 1 is 1.07 bits per heavy atom. The monoisotopic (exact) mass is 371 g/mol. The Hall–Kier alpha value is -3.29. The molecule has 0 amide bonds. The van der Waals surface area contributed by atoms with E-state index in [-0.39, 0.29) is 5.69 Å². The van der Waals surface area contributed by atoms with Gasteiger partial charge in [0.05, 0.1) is 12.0 Å². The van der Waals surface area contributed by atoms with Gasteiger partial charge in [-0.3, -0.25) is 15.1 Å². The van der Waals surface area contributed by atoms with Crippen LogP contribution < -0.4 is 20.7 Å². The smallest absolute Gasteiger partial charge is 0.269 e. The van der Waals surface area contributed by atoms with Crippen LogP contribution in [0.15, 0.2) is 53.5 Å². The summed E-state index contributed by atoms with van der Waals surface area (Å²) in [5, 5.41) is 20.3. The molecule has 27 heavy (non-hydrogen) atoms. The first-order chi connectivity index (χ1) is 13.1. The van der Waals surface area contributed by atoms with Gasteiger partial charge in [0.1, 0.15) is 5.75 Å². The highest BCUT2D eigenvalue weighted by Crippen LogP contribution is 2.17. The minimum Gasteiger partial charge on any atom is -0.496 e. The number of nitro groups is 1. The number of guanidine groups is 1.